The number of carbonyl (C=O) groups is 1. The second-order valence-corrected chi connectivity index (χ2v) is 8.07. The molecule has 7 nitrogen and oxygen atoms in total. The molecule has 2 aromatic rings. The molecule has 1 aliphatic rings. The van der Waals surface area contributed by atoms with E-state index in [1.165, 1.54) is 24.3 Å². The molecule has 0 aliphatic heterocycles. The largest absolute Gasteiger partial charge is 0.471 e. The van der Waals surface area contributed by atoms with Crippen molar-refractivity contribution in [2.75, 3.05) is 29.2 Å². The molecule has 0 unspecified atom stereocenters. The highest BCUT2D eigenvalue weighted by molar-refractivity contribution is 5.97. The first kappa shape index (κ1) is 23.3. The lowest BCUT2D eigenvalue weighted by Gasteiger charge is -2.37. The van der Waals surface area contributed by atoms with Gasteiger partial charge in [0.15, 0.2) is 0 Å². The van der Waals surface area contributed by atoms with E-state index in [0.29, 0.717) is 43.0 Å². The van der Waals surface area contributed by atoms with E-state index >= 15 is 0 Å². The van der Waals surface area contributed by atoms with Crippen molar-refractivity contribution in [3.63, 3.8) is 0 Å². The first-order valence-electron chi connectivity index (χ1n) is 10.3. The van der Waals surface area contributed by atoms with Gasteiger partial charge >= 0.3 is 12.1 Å². The molecule has 32 heavy (non-hydrogen) atoms. The van der Waals surface area contributed by atoms with Crippen molar-refractivity contribution in [3.8, 4) is 6.07 Å². The molecular formula is C22H25F3N6O. The summed E-state index contributed by atoms with van der Waals surface area (Å²) in [6.07, 6.45) is -3.00. The van der Waals surface area contributed by atoms with E-state index < -0.39 is 18.1 Å². The Hall–Kier alpha value is -3.35. The lowest BCUT2D eigenvalue weighted by Crippen LogP contribution is -2.49. The first-order valence-corrected chi connectivity index (χ1v) is 10.3. The number of halogens is 3. The van der Waals surface area contributed by atoms with Crippen molar-refractivity contribution < 1.29 is 18.0 Å². The van der Waals surface area contributed by atoms with Gasteiger partial charge in [-0.15, -0.1) is 0 Å². The summed E-state index contributed by atoms with van der Waals surface area (Å²) in [5.74, 6) is -0.649. The summed E-state index contributed by atoms with van der Waals surface area (Å²) in [7, 11) is 3.69. The number of nitrogens with zero attached hydrogens (tertiary/aromatic N) is 5. The molecule has 1 N–H and O–H groups in total. The van der Waals surface area contributed by atoms with E-state index in [-0.39, 0.29) is 11.7 Å². The zero-order chi connectivity index (χ0) is 23.5. The van der Waals surface area contributed by atoms with Crippen LogP contribution in [0.3, 0.4) is 0 Å². The van der Waals surface area contributed by atoms with E-state index in [1.54, 1.807) is 4.90 Å². The van der Waals surface area contributed by atoms with Crippen LogP contribution in [0.25, 0.3) is 0 Å². The van der Waals surface area contributed by atoms with Crippen LogP contribution < -0.4 is 15.1 Å². The number of nitrogens with one attached hydrogen (secondary N) is 1. The maximum atomic E-state index is 13.3. The number of hydrogen-bond acceptors (Lipinski definition) is 6. The minimum absolute atomic E-state index is 0.0272. The molecule has 3 rings (SSSR count). The van der Waals surface area contributed by atoms with Gasteiger partial charge in [0.25, 0.3) is 0 Å². The summed E-state index contributed by atoms with van der Waals surface area (Å²) < 4.78 is 39.9. The van der Waals surface area contributed by atoms with Crippen molar-refractivity contribution in [2.24, 2.45) is 0 Å². The Bertz CT molecular complexity index is 992. The lowest BCUT2D eigenvalue weighted by atomic mass is 9.89. The number of nitriles is 1. The van der Waals surface area contributed by atoms with Gasteiger partial charge in [0.2, 0.25) is 5.95 Å². The molecule has 1 amide bonds. The molecule has 1 fully saturated rings. The highest BCUT2D eigenvalue weighted by Gasteiger charge is 2.45. The molecule has 0 atom stereocenters. The number of aromatic nitrogens is 2. The Balaban J connectivity index is 1.74. The maximum absolute atomic E-state index is 13.3. The highest BCUT2D eigenvalue weighted by Crippen LogP contribution is 2.33. The van der Waals surface area contributed by atoms with Crippen LogP contribution in [0.5, 0.6) is 0 Å². The molecule has 0 bridgehead atoms. The Kier molecular flexibility index (Phi) is 6.87. The van der Waals surface area contributed by atoms with Gasteiger partial charge in [0, 0.05) is 43.6 Å². The van der Waals surface area contributed by atoms with Gasteiger partial charge in [-0.05, 0) is 56.9 Å². The Morgan fingerprint density at radius 2 is 1.75 bits per heavy atom. The predicted octanol–water partition coefficient (Wildman–Crippen LogP) is 4.04. The molecule has 0 radical (unpaired) electrons. The van der Waals surface area contributed by atoms with Crippen LogP contribution in [-0.4, -0.2) is 48.2 Å². The summed E-state index contributed by atoms with van der Waals surface area (Å²) >= 11 is 0. The third-order valence-corrected chi connectivity index (χ3v) is 5.39. The summed E-state index contributed by atoms with van der Waals surface area (Å²) in [5, 5.41) is 12.3. The van der Waals surface area contributed by atoms with Gasteiger partial charge in [-0.25, -0.2) is 4.98 Å². The van der Waals surface area contributed by atoms with Gasteiger partial charge in [-0.1, -0.05) is 0 Å². The van der Waals surface area contributed by atoms with Crippen molar-refractivity contribution >= 4 is 23.4 Å². The number of anilines is 3. The fourth-order valence-corrected chi connectivity index (χ4v) is 3.84. The fourth-order valence-electron chi connectivity index (χ4n) is 3.84. The number of aryl methyl sites for hydroxylation is 1. The average molecular weight is 446 g/mol. The van der Waals surface area contributed by atoms with Crippen LogP contribution in [0.2, 0.25) is 0 Å². The van der Waals surface area contributed by atoms with Crippen LogP contribution in [0.4, 0.5) is 30.6 Å². The number of hydrogen-bond donors (Lipinski definition) is 1. The number of benzene rings is 1. The monoisotopic (exact) mass is 446 g/mol. The zero-order valence-electron chi connectivity index (χ0n) is 18.1. The SMILES string of the molecule is Cc1cc(NC2CCC(N(C(=O)C(F)(F)F)c3ccc(C#N)cc3)CC2)nc(N(C)C)n1. The summed E-state index contributed by atoms with van der Waals surface area (Å²) in [6, 6.07) is 8.81. The number of rotatable bonds is 5. The number of carbonyl (C=O) groups excluding carboxylic acids is 1. The smallest absolute Gasteiger partial charge is 0.367 e. The minimum atomic E-state index is -4.98. The van der Waals surface area contributed by atoms with Gasteiger partial charge in [0.05, 0.1) is 11.6 Å². The molecule has 1 aromatic heterocycles. The second-order valence-electron chi connectivity index (χ2n) is 8.07. The Morgan fingerprint density at radius 3 is 2.28 bits per heavy atom. The van der Waals surface area contributed by atoms with Crippen LogP contribution in [0, 0.1) is 18.3 Å². The van der Waals surface area contributed by atoms with Crippen molar-refractivity contribution in [3.05, 3.63) is 41.6 Å². The van der Waals surface area contributed by atoms with Crippen LogP contribution >= 0.6 is 0 Å². The molecule has 10 heteroatoms. The molecule has 0 spiro atoms. The summed E-state index contributed by atoms with van der Waals surface area (Å²) in [4.78, 5) is 23.7. The molecule has 1 aromatic carbocycles. The van der Waals surface area contributed by atoms with Gasteiger partial charge in [0.1, 0.15) is 5.82 Å². The predicted molar refractivity (Wildman–Crippen MR) is 115 cm³/mol. The van der Waals surface area contributed by atoms with E-state index in [2.05, 4.69) is 15.3 Å². The normalized spacial score (nSPS) is 18.5. The van der Waals surface area contributed by atoms with Crippen LogP contribution in [0.15, 0.2) is 30.3 Å². The van der Waals surface area contributed by atoms with Crippen molar-refractivity contribution in [1.29, 1.82) is 5.26 Å². The Labute approximate surface area is 184 Å². The molecular weight excluding hydrogens is 421 g/mol. The van der Waals surface area contributed by atoms with E-state index in [1.807, 2.05) is 33.2 Å². The molecule has 1 saturated carbocycles. The molecule has 1 aliphatic carbocycles. The second kappa shape index (κ2) is 9.42. The zero-order valence-corrected chi connectivity index (χ0v) is 18.1. The topological polar surface area (TPSA) is 85.2 Å². The van der Waals surface area contributed by atoms with Gasteiger partial charge < -0.3 is 15.1 Å². The summed E-state index contributed by atoms with van der Waals surface area (Å²) in [6.45, 7) is 1.87. The fraction of sp³-hybridized carbons (Fsp3) is 0.455. The van der Waals surface area contributed by atoms with E-state index in [4.69, 9.17) is 5.26 Å². The van der Waals surface area contributed by atoms with Crippen LogP contribution in [-0.2, 0) is 4.79 Å². The minimum Gasteiger partial charge on any atom is -0.367 e. The van der Waals surface area contributed by atoms with E-state index in [0.717, 1.165) is 10.6 Å². The van der Waals surface area contributed by atoms with Crippen LogP contribution in [0.1, 0.15) is 36.9 Å². The van der Waals surface area contributed by atoms with Gasteiger partial charge in [-0.3, -0.25) is 4.79 Å². The third kappa shape index (κ3) is 5.46. The molecule has 170 valence electrons. The van der Waals surface area contributed by atoms with Gasteiger partial charge in [-0.2, -0.15) is 23.4 Å². The standard InChI is InChI=1S/C22H25F3N6O/c1-14-12-19(29-21(27-14)30(2)3)28-16-6-10-18(11-7-16)31(20(32)22(23,24)25)17-8-4-15(13-26)5-9-17/h4-5,8-9,12,16,18H,6-7,10-11H2,1-3H3,(H,27,28,29). The summed E-state index contributed by atoms with van der Waals surface area (Å²) in [5.41, 5.74) is 1.27. The lowest BCUT2D eigenvalue weighted by molar-refractivity contribution is -0.171. The van der Waals surface area contributed by atoms with Crippen molar-refractivity contribution in [2.45, 2.75) is 50.9 Å². The first-order chi connectivity index (χ1) is 15.1. The quantitative estimate of drug-likeness (QED) is 0.746. The third-order valence-electron chi connectivity index (χ3n) is 5.39. The number of amides is 1. The number of alkyl halides is 3. The Morgan fingerprint density at radius 1 is 1.12 bits per heavy atom. The van der Waals surface area contributed by atoms with Crippen molar-refractivity contribution in [1.82, 2.24) is 9.97 Å². The molecule has 1 heterocycles. The molecule has 0 saturated heterocycles. The highest BCUT2D eigenvalue weighted by atomic mass is 19.4. The average Bonchev–Trinajstić information content (AvgIpc) is 2.74. The maximum Gasteiger partial charge on any atom is 0.471 e. The van der Waals surface area contributed by atoms with E-state index in [9.17, 15) is 18.0 Å².